The number of morpholine rings is 1. The van der Waals surface area contributed by atoms with Crippen molar-refractivity contribution in [2.75, 3.05) is 13.1 Å². The Bertz CT molecular complexity index is 560. The Balaban J connectivity index is 1.89. The van der Waals surface area contributed by atoms with Crippen molar-refractivity contribution in [2.24, 2.45) is 0 Å². The lowest BCUT2D eigenvalue weighted by Crippen LogP contribution is -2.45. The summed E-state index contributed by atoms with van der Waals surface area (Å²) in [7, 11) is -3.48. The molecule has 1 aromatic carbocycles. The molecule has 5 nitrogen and oxygen atoms in total. The lowest BCUT2D eigenvalue weighted by Gasteiger charge is -2.31. The van der Waals surface area contributed by atoms with E-state index >= 15 is 0 Å². The Labute approximate surface area is 112 Å². The Morgan fingerprint density at radius 3 is 2.58 bits per heavy atom. The number of rotatable bonds is 3. The molecule has 2 fully saturated rings. The van der Waals surface area contributed by atoms with Gasteiger partial charge in [0, 0.05) is 13.1 Å². The zero-order valence-electron chi connectivity index (χ0n) is 10.5. The molecule has 2 heterocycles. The number of hydrogen-bond acceptors (Lipinski definition) is 4. The van der Waals surface area contributed by atoms with E-state index in [0.29, 0.717) is 18.7 Å². The van der Waals surface area contributed by atoms with Gasteiger partial charge in [0.2, 0.25) is 10.0 Å². The van der Waals surface area contributed by atoms with Crippen molar-refractivity contribution in [1.29, 1.82) is 0 Å². The number of ether oxygens (including phenoxy) is 1. The average Bonchev–Trinajstić information content (AvgIpc) is 2.77. The first kappa shape index (κ1) is 13.1. The van der Waals surface area contributed by atoms with E-state index in [9.17, 15) is 8.42 Å². The van der Waals surface area contributed by atoms with Crippen LogP contribution in [-0.2, 0) is 21.4 Å². The van der Waals surface area contributed by atoms with Crippen LogP contribution in [0.25, 0.3) is 0 Å². The number of hydrogen-bond donors (Lipinski definition) is 1. The molecule has 104 valence electrons. The third-order valence-electron chi connectivity index (χ3n) is 3.73. The van der Waals surface area contributed by atoms with Gasteiger partial charge < -0.3 is 9.84 Å². The Morgan fingerprint density at radius 2 is 1.95 bits per heavy atom. The summed E-state index contributed by atoms with van der Waals surface area (Å²) in [5, 5.41) is 9.10. The van der Waals surface area contributed by atoms with Gasteiger partial charge in [0.25, 0.3) is 0 Å². The third-order valence-corrected chi connectivity index (χ3v) is 5.56. The van der Waals surface area contributed by atoms with Gasteiger partial charge in [-0.25, -0.2) is 8.42 Å². The van der Waals surface area contributed by atoms with Crippen molar-refractivity contribution in [3.05, 3.63) is 29.8 Å². The van der Waals surface area contributed by atoms with Gasteiger partial charge in [-0.15, -0.1) is 0 Å². The predicted octanol–water partition coefficient (Wildman–Crippen LogP) is 0.731. The summed E-state index contributed by atoms with van der Waals surface area (Å²) in [6.07, 6.45) is 1.95. The standard InChI is InChI=1S/C13H17NO4S/c15-9-10-2-1-3-13(6-10)19(16,17)14-7-11-4-5-12(8-14)18-11/h1-3,6,11-12,15H,4-5,7-9H2. The molecule has 0 aromatic heterocycles. The van der Waals surface area contributed by atoms with Gasteiger partial charge in [0.1, 0.15) is 0 Å². The largest absolute Gasteiger partial charge is 0.392 e. The summed E-state index contributed by atoms with van der Waals surface area (Å²) in [4.78, 5) is 0.250. The van der Waals surface area contributed by atoms with Crippen LogP contribution >= 0.6 is 0 Å². The van der Waals surface area contributed by atoms with Crippen molar-refractivity contribution >= 4 is 10.0 Å². The first-order valence-corrected chi connectivity index (χ1v) is 7.89. The maximum Gasteiger partial charge on any atom is 0.243 e. The Morgan fingerprint density at radius 1 is 1.26 bits per heavy atom. The van der Waals surface area contributed by atoms with Crippen LogP contribution in [-0.4, -0.2) is 43.1 Å². The van der Waals surface area contributed by atoms with Crippen LogP contribution in [0, 0.1) is 0 Å². The van der Waals surface area contributed by atoms with E-state index in [2.05, 4.69) is 0 Å². The predicted molar refractivity (Wildman–Crippen MR) is 69.0 cm³/mol. The molecule has 1 aromatic rings. The zero-order valence-corrected chi connectivity index (χ0v) is 11.3. The smallest absolute Gasteiger partial charge is 0.243 e. The third kappa shape index (κ3) is 2.41. The first-order valence-electron chi connectivity index (χ1n) is 6.45. The second-order valence-corrected chi connectivity index (χ2v) is 7.02. The minimum absolute atomic E-state index is 0.0366. The lowest BCUT2D eigenvalue weighted by molar-refractivity contribution is -0.0114. The topological polar surface area (TPSA) is 66.8 Å². The molecule has 0 saturated carbocycles. The van der Waals surface area contributed by atoms with Crippen molar-refractivity contribution in [2.45, 2.75) is 36.6 Å². The SMILES string of the molecule is O=S(=O)(c1cccc(CO)c1)N1CC2CCC(C1)O2. The Kier molecular flexibility index (Phi) is 3.34. The van der Waals surface area contributed by atoms with Crippen molar-refractivity contribution in [3.63, 3.8) is 0 Å². The highest BCUT2D eigenvalue weighted by atomic mass is 32.2. The molecule has 2 saturated heterocycles. The molecular formula is C13H17NO4S. The van der Waals surface area contributed by atoms with Gasteiger partial charge in [-0.2, -0.15) is 4.31 Å². The molecule has 2 unspecified atom stereocenters. The maximum absolute atomic E-state index is 12.6. The summed E-state index contributed by atoms with van der Waals surface area (Å²) < 4.78 is 32.3. The second kappa shape index (κ2) is 4.86. The van der Waals surface area contributed by atoms with Crippen LogP contribution in [0.3, 0.4) is 0 Å². The molecule has 1 N–H and O–H groups in total. The van der Waals surface area contributed by atoms with Gasteiger partial charge in [-0.1, -0.05) is 12.1 Å². The summed E-state index contributed by atoms with van der Waals surface area (Å²) in [6, 6.07) is 6.48. The number of benzene rings is 1. The molecule has 2 atom stereocenters. The van der Waals surface area contributed by atoms with Crippen LogP contribution in [0.2, 0.25) is 0 Å². The minimum atomic E-state index is -3.48. The minimum Gasteiger partial charge on any atom is -0.392 e. The molecule has 2 aliphatic heterocycles. The van der Waals surface area contributed by atoms with E-state index in [1.165, 1.54) is 10.4 Å². The molecule has 0 spiro atoms. The van der Waals surface area contributed by atoms with E-state index in [1.54, 1.807) is 18.2 Å². The van der Waals surface area contributed by atoms with Crippen LogP contribution in [0.1, 0.15) is 18.4 Å². The molecule has 0 amide bonds. The number of sulfonamides is 1. The normalized spacial score (nSPS) is 27.6. The summed E-state index contributed by atoms with van der Waals surface area (Å²) in [6.45, 7) is 0.710. The highest BCUT2D eigenvalue weighted by Gasteiger charge is 2.39. The van der Waals surface area contributed by atoms with E-state index in [-0.39, 0.29) is 23.7 Å². The van der Waals surface area contributed by atoms with E-state index in [4.69, 9.17) is 9.84 Å². The monoisotopic (exact) mass is 283 g/mol. The fraction of sp³-hybridized carbons (Fsp3) is 0.538. The lowest BCUT2D eigenvalue weighted by atomic mass is 10.2. The van der Waals surface area contributed by atoms with Gasteiger partial charge in [-0.05, 0) is 30.5 Å². The highest BCUT2D eigenvalue weighted by Crippen LogP contribution is 2.30. The van der Waals surface area contributed by atoms with Gasteiger partial charge in [0.05, 0.1) is 23.7 Å². The molecular weight excluding hydrogens is 266 g/mol. The van der Waals surface area contributed by atoms with Crippen molar-refractivity contribution < 1.29 is 18.3 Å². The first-order chi connectivity index (χ1) is 9.09. The average molecular weight is 283 g/mol. The van der Waals surface area contributed by atoms with Gasteiger partial charge in [-0.3, -0.25) is 0 Å². The molecule has 19 heavy (non-hydrogen) atoms. The van der Waals surface area contributed by atoms with Crippen LogP contribution in [0.4, 0.5) is 0 Å². The van der Waals surface area contributed by atoms with Crippen molar-refractivity contribution in [1.82, 2.24) is 4.31 Å². The molecule has 2 aliphatic rings. The quantitative estimate of drug-likeness (QED) is 0.888. The second-order valence-electron chi connectivity index (χ2n) is 5.08. The fourth-order valence-corrected chi connectivity index (χ4v) is 4.30. The molecule has 2 bridgehead atoms. The number of aliphatic hydroxyl groups is 1. The molecule has 0 aliphatic carbocycles. The maximum atomic E-state index is 12.6. The van der Waals surface area contributed by atoms with E-state index < -0.39 is 10.0 Å². The molecule has 6 heteroatoms. The van der Waals surface area contributed by atoms with E-state index in [0.717, 1.165) is 12.8 Å². The number of aliphatic hydroxyl groups excluding tert-OH is 1. The van der Waals surface area contributed by atoms with E-state index in [1.807, 2.05) is 0 Å². The summed E-state index contributed by atoms with van der Waals surface area (Å²) in [5.74, 6) is 0. The number of nitrogens with zero attached hydrogens (tertiary/aromatic N) is 1. The number of fused-ring (bicyclic) bond motifs is 2. The summed E-state index contributed by atoms with van der Waals surface area (Å²) in [5.41, 5.74) is 0.609. The van der Waals surface area contributed by atoms with Gasteiger partial charge >= 0.3 is 0 Å². The fourth-order valence-electron chi connectivity index (χ4n) is 2.73. The zero-order chi connectivity index (χ0) is 13.5. The summed E-state index contributed by atoms with van der Waals surface area (Å²) >= 11 is 0. The van der Waals surface area contributed by atoms with Crippen molar-refractivity contribution in [3.8, 4) is 0 Å². The van der Waals surface area contributed by atoms with Crippen LogP contribution in [0.5, 0.6) is 0 Å². The Hall–Kier alpha value is -0.950. The van der Waals surface area contributed by atoms with Crippen LogP contribution in [0.15, 0.2) is 29.2 Å². The molecule has 3 rings (SSSR count). The van der Waals surface area contributed by atoms with Crippen LogP contribution < -0.4 is 0 Å². The highest BCUT2D eigenvalue weighted by molar-refractivity contribution is 7.89. The van der Waals surface area contributed by atoms with Gasteiger partial charge in [0.15, 0.2) is 0 Å². The molecule has 0 radical (unpaired) electrons.